The van der Waals surface area contributed by atoms with Gasteiger partial charge in [-0.25, -0.2) is 4.79 Å². The Hall–Kier alpha value is -1.55. The molecule has 4 atom stereocenters. The minimum absolute atomic E-state index is 0.00984. The summed E-state index contributed by atoms with van der Waals surface area (Å²) in [5.41, 5.74) is 0.538. The molecule has 3 heterocycles. The molecule has 0 spiro atoms. The fourth-order valence-electron chi connectivity index (χ4n) is 4.60. The average molecular weight is 286 g/mol. The molecular weight excluding hydrogens is 264 g/mol. The number of hydrogen-bond acceptors (Lipinski definition) is 2. The zero-order valence-electron chi connectivity index (χ0n) is 12.8. The molecule has 5 rings (SSSR count). The molecule has 2 amide bonds. The van der Waals surface area contributed by atoms with Gasteiger partial charge in [-0.15, -0.1) is 0 Å². The molecular formula is C17H22N2O2. The van der Waals surface area contributed by atoms with Crippen molar-refractivity contribution in [1.82, 2.24) is 4.90 Å². The molecule has 1 aromatic rings. The lowest BCUT2D eigenvalue weighted by Gasteiger charge is -2.51. The van der Waals surface area contributed by atoms with E-state index in [1.807, 2.05) is 35.2 Å². The molecule has 2 bridgehead atoms. The van der Waals surface area contributed by atoms with E-state index < -0.39 is 0 Å². The summed E-state index contributed by atoms with van der Waals surface area (Å²) >= 11 is 0. The van der Waals surface area contributed by atoms with Crippen LogP contribution in [-0.4, -0.2) is 34.2 Å². The third-order valence-electron chi connectivity index (χ3n) is 5.49. The summed E-state index contributed by atoms with van der Waals surface area (Å²) in [6.45, 7) is 6.49. The monoisotopic (exact) mass is 286 g/mol. The summed E-state index contributed by atoms with van der Waals surface area (Å²) in [6.07, 6.45) is 2.21. The second-order valence-corrected chi connectivity index (χ2v) is 7.30. The Balaban J connectivity index is 1.56. The predicted octanol–water partition coefficient (Wildman–Crippen LogP) is 3.25. The number of likely N-dealkylation sites (tertiary alicyclic amines) is 1. The van der Waals surface area contributed by atoms with Crippen LogP contribution in [0, 0.1) is 5.92 Å². The third-order valence-corrected chi connectivity index (χ3v) is 5.49. The van der Waals surface area contributed by atoms with Crippen LogP contribution in [0.3, 0.4) is 0 Å². The van der Waals surface area contributed by atoms with Gasteiger partial charge in [0.25, 0.3) is 0 Å². The Morgan fingerprint density at radius 1 is 1.29 bits per heavy atom. The SMILES string of the molecule is CC1(C)O[C@@]2(C)CC[C@@H]1[C@@H]1[C@@H]2N1C(=O)Nc1ccccc1. The number of fused-ring (bicyclic) bond motifs is 2. The zero-order chi connectivity index (χ0) is 14.8. The number of urea groups is 1. The van der Waals surface area contributed by atoms with Crippen LogP contribution in [0.15, 0.2) is 30.3 Å². The zero-order valence-corrected chi connectivity index (χ0v) is 12.8. The van der Waals surface area contributed by atoms with E-state index in [0.29, 0.717) is 12.0 Å². The Labute approximate surface area is 125 Å². The van der Waals surface area contributed by atoms with Crippen LogP contribution in [0.1, 0.15) is 33.6 Å². The second kappa shape index (κ2) is 4.01. The smallest absolute Gasteiger partial charge is 0.322 e. The first kappa shape index (κ1) is 13.1. The van der Waals surface area contributed by atoms with Gasteiger partial charge in [-0.2, -0.15) is 0 Å². The van der Waals surface area contributed by atoms with Gasteiger partial charge in [0.15, 0.2) is 0 Å². The number of carbonyl (C=O) groups excluding carboxylic acids is 1. The highest BCUT2D eigenvalue weighted by Crippen LogP contribution is 2.60. The van der Waals surface area contributed by atoms with Crippen molar-refractivity contribution in [3.8, 4) is 0 Å². The van der Waals surface area contributed by atoms with E-state index in [1.165, 1.54) is 0 Å². The van der Waals surface area contributed by atoms with Crippen molar-refractivity contribution in [3.05, 3.63) is 30.3 Å². The minimum Gasteiger partial charge on any atom is -0.367 e. The number of para-hydroxylation sites is 1. The van der Waals surface area contributed by atoms with Crippen LogP contribution < -0.4 is 5.32 Å². The van der Waals surface area contributed by atoms with E-state index in [0.717, 1.165) is 18.5 Å². The number of hydrogen-bond donors (Lipinski definition) is 1. The summed E-state index contributed by atoms with van der Waals surface area (Å²) in [5.74, 6) is 0.450. The first-order valence-electron chi connectivity index (χ1n) is 7.77. The van der Waals surface area contributed by atoms with Crippen LogP contribution in [-0.2, 0) is 4.74 Å². The summed E-state index contributed by atoms with van der Waals surface area (Å²) in [5, 5.41) is 3.01. The molecule has 4 heteroatoms. The second-order valence-electron chi connectivity index (χ2n) is 7.30. The molecule has 4 fully saturated rings. The number of carbonyl (C=O) groups is 1. The lowest BCUT2D eigenvalue weighted by atomic mass is 9.69. The van der Waals surface area contributed by atoms with Crippen LogP contribution in [0.4, 0.5) is 10.5 Å². The number of anilines is 1. The molecule has 0 unspecified atom stereocenters. The van der Waals surface area contributed by atoms with Gasteiger partial charge in [0.05, 0.1) is 23.3 Å². The largest absolute Gasteiger partial charge is 0.367 e. The van der Waals surface area contributed by atoms with Gasteiger partial charge in [-0.3, -0.25) is 0 Å². The third kappa shape index (κ3) is 1.81. The lowest BCUT2D eigenvalue weighted by Crippen LogP contribution is -2.58. The number of benzene rings is 1. The number of nitrogens with one attached hydrogen (secondary N) is 1. The molecule has 3 saturated heterocycles. The van der Waals surface area contributed by atoms with Gasteiger partial charge in [-0.05, 0) is 45.7 Å². The van der Waals surface area contributed by atoms with Crippen molar-refractivity contribution in [2.45, 2.75) is 56.9 Å². The number of rotatable bonds is 1. The van der Waals surface area contributed by atoms with Crippen molar-refractivity contribution >= 4 is 11.7 Å². The molecule has 0 radical (unpaired) electrons. The molecule has 112 valence electrons. The fourth-order valence-corrected chi connectivity index (χ4v) is 4.60. The van der Waals surface area contributed by atoms with E-state index in [4.69, 9.17) is 4.74 Å². The van der Waals surface area contributed by atoms with E-state index in [-0.39, 0.29) is 23.3 Å². The Kier molecular flexibility index (Phi) is 2.51. The van der Waals surface area contributed by atoms with Crippen LogP contribution in [0.5, 0.6) is 0 Å². The highest BCUT2D eigenvalue weighted by atomic mass is 16.5. The van der Waals surface area contributed by atoms with Crippen LogP contribution in [0.25, 0.3) is 0 Å². The van der Waals surface area contributed by atoms with Crippen molar-refractivity contribution in [2.75, 3.05) is 5.32 Å². The maximum atomic E-state index is 12.6. The van der Waals surface area contributed by atoms with Crippen molar-refractivity contribution in [3.63, 3.8) is 0 Å². The highest BCUT2D eigenvalue weighted by Gasteiger charge is 2.72. The number of ether oxygens (including phenoxy) is 1. The maximum absolute atomic E-state index is 12.6. The average Bonchev–Trinajstić information content (AvgIpc) is 3.15. The van der Waals surface area contributed by atoms with Crippen molar-refractivity contribution in [2.24, 2.45) is 5.92 Å². The van der Waals surface area contributed by atoms with Gasteiger partial charge >= 0.3 is 6.03 Å². The fraction of sp³-hybridized carbons (Fsp3) is 0.588. The van der Waals surface area contributed by atoms with Gasteiger partial charge in [-0.1, -0.05) is 18.2 Å². The normalized spacial score (nSPS) is 38.8. The summed E-state index contributed by atoms with van der Waals surface area (Å²) in [4.78, 5) is 14.6. The van der Waals surface area contributed by atoms with Gasteiger partial charge < -0.3 is 15.0 Å². The lowest BCUT2D eigenvalue weighted by molar-refractivity contribution is -0.214. The topological polar surface area (TPSA) is 41.3 Å². The van der Waals surface area contributed by atoms with Gasteiger partial charge in [0, 0.05) is 11.6 Å². The summed E-state index contributed by atoms with van der Waals surface area (Å²) < 4.78 is 6.32. The standard InChI is InChI=1S/C17H22N2O2/c1-16(2)12-9-10-17(3,21-16)14-13(12)19(14)15(20)18-11-7-5-4-6-8-11/h4-8,12-14H,9-10H2,1-3H3,(H,18,20)/t12-,13-,14+,17+,19?/m1/s1. The van der Waals surface area contributed by atoms with Crippen molar-refractivity contribution in [1.29, 1.82) is 0 Å². The predicted molar refractivity (Wildman–Crippen MR) is 81.2 cm³/mol. The van der Waals surface area contributed by atoms with Gasteiger partial charge in [0.1, 0.15) is 0 Å². The molecule has 1 saturated carbocycles. The van der Waals surface area contributed by atoms with E-state index >= 15 is 0 Å². The molecule has 21 heavy (non-hydrogen) atoms. The Morgan fingerprint density at radius 3 is 2.67 bits per heavy atom. The molecule has 1 N–H and O–H groups in total. The van der Waals surface area contributed by atoms with E-state index in [2.05, 4.69) is 26.1 Å². The minimum atomic E-state index is -0.184. The summed E-state index contributed by atoms with van der Waals surface area (Å²) in [7, 11) is 0. The molecule has 1 aliphatic carbocycles. The Bertz CT molecular complexity index is 586. The first-order valence-corrected chi connectivity index (χ1v) is 7.77. The van der Waals surface area contributed by atoms with E-state index in [1.54, 1.807) is 0 Å². The van der Waals surface area contributed by atoms with Crippen molar-refractivity contribution < 1.29 is 9.53 Å². The first-order chi connectivity index (χ1) is 9.92. The van der Waals surface area contributed by atoms with Gasteiger partial charge in [0.2, 0.25) is 0 Å². The molecule has 4 aliphatic rings. The highest BCUT2D eigenvalue weighted by molar-refractivity contribution is 5.92. The van der Waals surface area contributed by atoms with Crippen LogP contribution >= 0.6 is 0 Å². The number of nitrogens with zero attached hydrogens (tertiary/aromatic N) is 1. The molecule has 4 nitrogen and oxygen atoms in total. The van der Waals surface area contributed by atoms with E-state index in [9.17, 15) is 4.79 Å². The molecule has 3 aliphatic heterocycles. The molecule has 1 aromatic carbocycles. The maximum Gasteiger partial charge on any atom is 0.322 e. The number of amides is 2. The quantitative estimate of drug-likeness (QED) is 0.805. The Morgan fingerprint density at radius 2 is 2.00 bits per heavy atom. The van der Waals surface area contributed by atoms with Crippen LogP contribution in [0.2, 0.25) is 0 Å². The summed E-state index contributed by atoms with van der Waals surface area (Å²) in [6, 6.07) is 10.2. The molecule has 0 aromatic heterocycles.